The standard InChI is InChI=1S/C25H25N5O/c1-18-5-7-19(8-6-18)20-9-11-21(12-10-20)28-24(31)30-25(14-3-2-4-15-25)22-13-16-27-23(17-26)29-22/h5-13,16H,2-4,14-15H2,1H3,(H2,28,30,31). The fourth-order valence-corrected chi connectivity index (χ4v) is 4.15. The minimum atomic E-state index is -0.585. The zero-order chi connectivity index (χ0) is 21.7. The van der Waals surface area contributed by atoms with Crippen molar-refractivity contribution in [1.29, 1.82) is 5.26 Å². The van der Waals surface area contributed by atoms with Gasteiger partial charge in [0.15, 0.2) is 0 Å². The number of urea groups is 1. The first-order chi connectivity index (χ1) is 15.1. The molecule has 0 spiro atoms. The van der Waals surface area contributed by atoms with Gasteiger partial charge in [-0.3, -0.25) is 0 Å². The molecular formula is C25H25N5O. The lowest BCUT2D eigenvalue weighted by molar-refractivity contribution is 0.209. The van der Waals surface area contributed by atoms with Gasteiger partial charge in [-0.25, -0.2) is 14.8 Å². The highest BCUT2D eigenvalue weighted by Gasteiger charge is 2.37. The summed E-state index contributed by atoms with van der Waals surface area (Å²) in [6, 6.07) is 19.7. The molecule has 1 saturated carbocycles. The van der Waals surface area contributed by atoms with Crippen LogP contribution in [0.15, 0.2) is 60.8 Å². The second-order valence-electron chi connectivity index (χ2n) is 8.04. The summed E-state index contributed by atoms with van der Waals surface area (Å²) >= 11 is 0. The van der Waals surface area contributed by atoms with Gasteiger partial charge < -0.3 is 10.6 Å². The van der Waals surface area contributed by atoms with E-state index in [0.29, 0.717) is 5.69 Å². The topological polar surface area (TPSA) is 90.7 Å². The number of aryl methyl sites for hydroxylation is 1. The average molecular weight is 412 g/mol. The highest BCUT2D eigenvalue weighted by atomic mass is 16.2. The van der Waals surface area contributed by atoms with Crippen LogP contribution in [0, 0.1) is 18.3 Å². The maximum Gasteiger partial charge on any atom is 0.319 e. The Morgan fingerprint density at radius 1 is 0.968 bits per heavy atom. The number of nitrogens with one attached hydrogen (secondary N) is 2. The Morgan fingerprint density at radius 3 is 2.26 bits per heavy atom. The number of hydrogen-bond donors (Lipinski definition) is 2. The normalized spacial score (nSPS) is 15.0. The Kier molecular flexibility index (Phi) is 5.94. The fraction of sp³-hybridized carbons (Fsp3) is 0.280. The van der Waals surface area contributed by atoms with Crippen LogP contribution in [-0.2, 0) is 5.54 Å². The van der Waals surface area contributed by atoms with Crippen molar-refractivity contribution in [1.82, 2.24) is 15.3 Å². The Bertz CT molecular complexity index is 1090. The summed E-state index contributed by atoms with van der Waals surface area (Å²) in [6.07, 6.45) is 6.28. The van der Waals surface area contributed by atoms with Gasteiger partial charge in [-0.05, 0) is 49.1 Å². The summed E-state index contributed by atoms with van der Waals surface area (Å²) in [5.41, 5.74) is 4.29. The fourth-order valence-electron chi connectivity index (χ4n) is 4.15. The molecule has 1 aromatic heterocycles. The molecule has 1 aliphatic carbocycles. The largest absolute Gasteiger partial charge is 0.327 e. The van der Waals surface area contributed by atoms with Crippen molar-refractivity contribution in [2.75, 3.05) is 5.32 Å². The summed E-state index contributed by atoms with van der Waals surface area (Å²) < 4.78 is 0. The van der Waals surface area contributed by atoms with Crippen LogP contribution in [0.2, 0.25) is 0 Å². The smallest absolute Gasteiger partial charge is 0.319 e. The van der Waals surface area contributed by atoms with Crippen LogP contribution >= 0.6 is 0 Å². The molecule has 31 heavy (non-hydrogen) atoms. The number of nitriles is 1. The van der Waals surface area contributed by atoms with Crippen LogP contribution in [0.3, 0.4) is 0 Å². The highest BCUT2D eigenvalue weighted by Crippen LogP contribution is 2.36. The van der Waals surface area contributed by atoms with Gasteiger partial charge in [-0.1, -0.05) is 61.2 Å². The Labute approximate surface area is 182 Å². The average Bonchev–Trinajstić information content (AvgIpc) is 2.81. The lowest BCUT2D eigenvalue weighted by Crippen LogP contribution is -2.49. The molecule has 0 radical (unpaired) electrons. The number of anilines is 1. The number of nitrogens with zero attached hydrogens (tertiary/aromatic N) is 3. The zero-order valence-electron chi connectivity index (χ0n) is 17.6. The Morgan fingerprint density at radius 2 is 1.61 bits per heavy atom. The van der Waals surface area contributed by atoms with Crippen LogP contribution in [0.1, 0.15) is 49.2 Å². The van der Waals surface area contributed by atoms with E-state index < -0.39 is 5.54 Å². The van der Waals surface area contributed by atoms with Crippen LogP contribution < -0.4 is 10.6 Å². The third-order valence-corrected chi connectivity index (χ3v) is 5.83. The Balaban J connectivity index is 1.49. The van der Waals surface area contributed by atoms with E-state index in [2.05, 4.69) is 51.8 Å². The predicted octanol–water partition coefficient (Wildman–Crippen LogP) is 5.30. The van der Waals surface area contributed by atoms with E-state index >= 15 is 0 Å². The van der Waals surface area contributed by atoms with Crippen molar-refractivity contribution in [3.63, 3.8) is 0 Å². The number of carbonyl (C=O) groups is 1. The van der Waals surface area contributed by atoms with Gasteiger partial charge >= 0.3 is 6.03 Å². The van der Waals surface area contributed by atoms with E-state index in [1.54, 1.807) is 12.3 Å². The third-order valence-electron chi connectivity index (χ3n) is 5.83. The molecule has 1 heterocycles. The summed E-state index contributed by atoms with van der Waals surface area (Å²) in [7, 11) is 0. The minimum absolute atomic E-state index is 0.122. The van der Waals surface area contributed by atoms with Crippen LogP contribution in [0.4, 0.5) is 10.5 Å². The minimum Gasteiger partial charge on any atom is -0.327 e. The molecule has 2 N–H and O–H groups in total. The molecule has 0 saturated heterocycles. The SMILES string of the molecule is Cc1ccc(-c2ccc(NC(=O)NC3(c4ccnc(C#N)n4)CCCCC3)cc2)cc1. The van der Waals surface area contributed by atoms with Crippen LogP contribution in [-0.4, -0.2) is 16.0 Å². The molecule has 3 aromatic rings. The second-order valence-corrected chi connectivity index (χ2v) is 8.04. The van der Waals surface area contributed by atoms with Gasteiger partial charge in [0.2, 0.25) is 5.82 Å². The maximum atomic E-state index is 12.9. The molecule has 6 nitrogen and oxygen atoms in total. The second kappa shape index (κ2) is 8.97. The molecule has 2 amide bonds. The monoisotopic (exact) mass is 411 g/mol. The van der Waals surface area contributed by atoms with E-state index in [-0.39, 0.29) is 11.9 Å². The number of rotatable bonds is 4. The number of aromatic nitrogens is 2. The molecule has 156 valence electrons. The van der Waals surface area contributed by atoms with Gasteiger partial charge in [0.05, 0.1) is 11.2 Å². The highest BCUT2D eigenvalue weighted by molar-refractivity contribution is 5.90. The molecule has 2 aromatic carbocycles. The zero-order valence-corrected chi connectivity index (χ0v) is 17.6. The quantitative estimate of drug-likeness (QED) is 0.609. The first-order valence-corrected chi connectivity index (χ1v) is 10.6. The lowest BCUT2D eigenvalue weighted by atomic mass is 9.79. The number of benzene rings is 2. The van der Waals surface area contributed by atoms with Crippen molar-refractivity contribution in [2.24, 2.45) is 0 Å². The van der Waals surface area contributed by atoms with E-state index in [1.165, 1.54) is 5.56 Å². The van der Waals surface area contributed by atoms with Gasteiger partial charge in [-0.2, -0.15) is 5.26 Å². The van der Waals surface area contributed by atoms with Crippen molar-refractivity contribution in [2.45, 2.75) is 44.6 Å². The molecule has 1 aliphatic rings. The van der Waals surface area contributed by atoms with Gasteiger partial charge in [-0.15, -0.1) is 0 Å². The summed E-state index contributed by atoms with van der Waals surface area (Å²) in [5.74, 6) is 0.122. The maximum absolute atomic E-state index is 12.9. The molecule has 6 heteroatoms. The molecule has 1 fully saturated rings. The number of carbonyl (C=O) groups excluding carboxylic acids is 1. The van der Waals surface area contributed by atoms with Crippen molar-refractivity contribution >= 4 is 11.7 Å². The predicted molar refractivity (Wildman–Crippen MR) is 120 cm³/mol. The summed E-state index contributed by atoms with van der Waals surface area (Å²) in [4.78, 5) is 21.2. The van der Waals surface area contributed by atoms with Gasteiger partial charge in [0.25, 0.3) is 0 Å². The molecule has 0 aliphatic heterocycles. The van der Waals surface area contributed by atoms with E-state index in [4.69, 9.17) is 5.26 Å². The molecule has 0 bridgehead atoms. The summed E-state index contributed by atoms with van der Waals surface area (Å²) in [6.45, 7) is 2.07. The Hall–Kier alpha value is -3.72. The van der Waals surface area contributed by atoms with Crippen molar-refractivity contribution in [3.8, 4) is 17.2 Å². The van der Waals surface area contributed by atoms with Crippen molar-refractivity contribution in [3.05, 3.63) is 77.9 Å². The third kappa shape index (κ3) is 4.72. The van der Waals surface area contributed by atoms with Crippen molar-refractivity contribution < 1.29 is 4.79 Å². The van der Waals surface area contributed by atoms with Crippen LogP contribution in [0.25, 0.3) is 11.1 Å². The lowest BCUT2D eigenvalue weighted by Gasteiger charge is -2.37. The van der Waals surface area contributed by atoms with Gasteiger partial charge in [0, 0.05) is 11.9 Å². The molecule has 0 atom stereocenters. The van der Waals surface area contributed by atoms with Gasteiger partial charge in [0.1, 0.15) is 6.07 Å². The molecule has 4 rings (SSSR count). The molecule has 0 unspecified atom stereocenters. The first-order valence-electron chi connectivity index (χ1n) is 10.6. The van der Waals surface area contributed by atoms with Crippen LogP contribution in [0.5, 0.6) is 0 Å². The first kappa shape index (κ1) is 20.5. The number of hydrogen-bond acceptors (Lipinski definition) is 4. The summed E-state index contributed by atoms with van der Waals surface area (Å²) in [5, 5.41) is 15.3. The molecular weight excluding hydrogens is 386 g/mol. The van der Waals surface area contributed by atoms with E-state index in [1.807, 2.05) is 30.3 Å². The van der Waals surface area contributed by atoms with E-state index in [0.717, 1.165) is 48.9 Å². The number of amides is 2. The van der Waals surface area contributed by atoms with E-state index in [9.17, 15) is 4.79 Å².